The zero-order valence-corrected chi connectivity index (χ0v) is 16.6. The average Bonchev–Trinajstić information content (AvgIpc) is 3.31. The van der Waals surface area contributed by atoms with E-state index in [-0.39, 0.29) is 17.9 Å². The van der Waals surface area contributed by atoms with E-state index in [4.69, 9.17) is 4.74 Å². The standard InChI is InChI=1S/C25H19N3O3/c29-23(19-9-6-10-20(13-19)31-16-18-7-2-1-3-8-18)15-27-24-14-26-17-28(24)22-12-5-4-11-21(22)25(27)30/h1-14,17H,15-16H2. The smallest absolute Gasteiger partial charge is 0.262 e. The van der Waals surface area contributed by atoms with Crippen LogP contribution >= 0.6 is 0 Å². The van der Waals surface area contributed by atoms with Gasteiger partial charge in [0.1, 0.15) is 24.3 Å². The Morgan fingerprint density at radius 3 is 2.61 bits per heavy atom. The maximum absolute atomic E-state index is 13.1. The number of hydrogen-bond donors (Lipinski definition) is 0. The highest BCUT2D eigenvalue weighted by atomic mass is 16.5. The van der Waals surface area contributed by atoms with Crippen molar-refractivity contribution in [2.24, 2.45) is 0 Å². The van der Waals surface area contributed by atoms with E-state index in [0.717, 1.165) is 11.1 Å². The Kier molecular flexibility index (Phi) is 4.80. The van der Waals surface area contributed by atoms with Crippen LogP contribution in [0.4, 0.5) is 0 Å². The number of carbonyl (C=O) groups excluding carboxylic acids is 1. The molecule has 0 aliphatic rings. The third-order valence-corrected chi connectivity index (χ3v) is 5.24. The molecule has 0 radical (unpaired) electrons. The van der Waals surface area contributed by atoms with Crippen molar-refractivity contribution in [2.75, 3.05) is 0 Å². The second-order valence-electron chi connectivity index (χ2n) is 7.26. The molecule has 0 amide bonds. The van der Waals surface area contributed by atoms with Crippen LogP contribution in [-0.2, 0) is 13.2 Å². The fraction of sp³-hybridized carbons (Fsp3) is 0.0800. The maximum Gasteiger partial charge on any atom is 0.262 e. The van der Waals surface area contributed by atoms with Crippen molar-refractivity contribution in [3.63, 3.8) is 0 Å². The van der Waals surface area contributed by atoms with Crippen molar-refractivity contribution in [1.29, 1.82) is 0 Å². The molecule has 0 bridgehead atoms. The molecule has 3 aromatic carbocycles. The number of aromatic nitrogens is 3. The number of Topliss-reactive ketones (excluding diaryl/α,β-unsaturated/α-hetero) is 1. The summed E-state index contributed by atoms with van der Waals surface area (Å²) in [6, 6.07) is 24.2. The summed E-state index contributed by atoms with van der Waals surface area (Å²) in [5.74, 6) is 0.431. The minimum absolute atomic E-state index is 0.0823. The summed E-state index contributed by atoms with van der Waals surface area (Å²) in [6.07, 6.45) is 3.25. The van der Waals surface area contributed by atoms with Gasteiger partial charge in [-0.1, -0.05) is 54.6 Å². The normalized spacial score (nSPS) is 11.1. The summed E-state index contributed by atoms with van der Waals surface area (Å²) in [7, 11) is 0. The average molecular weight is 409 g/mol. The number of imidazole rings is 1. The first-order valence-electron chi connectivity index (χ1n) is 9.94. The first-order chi connectivity index (χ1) is 15.2. The molecule has 6 nitrogen and oxygen atoms in total. The number of ether oxygens (including phenoxy) is 1. The van der Waals surface area contributed by atoms with Gasteiger partial charge >= 0.3 is 0 Å². The first kappa shape index (κ1) is 18.8. The summed E-state index contributed by atoms with van der Waals surface area (Å²) in [6.45, 7) is 0.333. The molecule has 2 aromatic heterocycles. The number of fused-ring (bicyclic) bond motifs is 3. The van der Waals surface area contributed by atoms with E-state index in [2.05, 4.69) is 4.98 Å². The van der Waals surface area contributed by atoms with Crippen LogP contribution in [0, 0.1) is 0 Å². The highest BCUT2D eigenvalue weighted by molar-refractivity contribution is 5.96. The molecule has 0 spiro atoms. The first-order valence-corrected chi connectivity index (χ1v) is 9.94. The van der Waals surface area contributed by atoms with Gasteiger partial charge < -0.3 is 4.74 Å². The van der Waals surface area contributed by atoms with Crippen LogP contribution < -0.4 is 10.3 Å². The van der Waals surface area contributed by atoms with Gasteiger partial charge in [0.05, 0.1) is 23.6 Å². The van der Waals surface area contributed by atoms with E-state index in [0.29, 0.717) is 29.0 Å². The lowest BCUT2D eigenvalue weighted by Crippen LogP contribution is -2.26. The molecule has 0 atom stereocenters. The van der Waals surface area contributed by atoms with E-state index >= 15 is 0 Å². The lowest BCUT2D eigenvalue weighted by molar-refractivity contribution is 0.0971. The molecule has 0 saturated heterocycles. The molecule has 5 rings (SSSR count). The van der Waals surface area contributed by atoms with E-state index in [1.165, 1.54) is 4.57 Å². The van der Waals surface area contributed by atoms with Gasteiger partial charge in [0.15, 0.2) is 5.78 Å². The Hall–Kier alpha value is -4.19. The Morgan fingerprint density at radius 1 is 0.935 bits per heavy atom. The predicted molar refractivity (Wildman–Crippen MR) is 119 cm³/mol. The molecule has 0 fully saturated rings. The Balaban J connectivity index is 1.44. The Bertz CT molecular complexity index is 1450. The Labute approximate surface area is 178 Å². The molecule has 6 heteroatoms. The van der Waals surface area contributed by atoms with E-state index in [1.807, 2.05) is 59.0 Å². The lowest BCUT2D eigenvalue weighted by atomic mass is 10.1. The van der Waals surface area contributed by atoms with Crippen LogP contribution in [0.25, 0.3) is 16.6 Å². The lowest BCUT2D eigenvalue weighted by Gasteiger charge is -2.11. The van der Waals surface area contributed by atoms with Crippen molar-refractivity contribution in [2.45, 2.75) is 13.2 Å². The third kappa shape index (κ3) is 3.59. The largest absolute Gasteiger partial charge is 0.489 e. The molecule has 0 N–H and O–H groups in total. The number of para-hydroxylation sites is 1. The second-order valence-corrected chi connectivity index (χ2v) is 7.26. The summed E-state index contributed by atoms with van der Waals surface area (Å²) < 4.78 is 9.13. The van der Waals surface area contributed by atoms with Gasteiger partial charge in [-0.25, -0.2) is 4.98 Å². The second kappa shape index (κ2) is 7.91. The van der Waals surface area contributed by atoms with E-state index in [9.17, 15) is 9.59 Å². The molecule has 0 saturated carbocycles. The minimum Gasteiger partial charge on any atom is -0.489 e. The number of benzene rings is 3. The van der Waals surface area contributed by atoms with Crippen LogP contribution in [0.5, 0.6) is 5.75 Å². The number of hydrogen-bond acceptors (Lipinski definition) is 4. The summed E-state index contributed by atoms with van der Waals surface area (Å²) >= 11 is 0. The number of rotatable bonds is 6. The zero-order chi connectivity index (χ0) is 21.2. The van der Waals surface area contributed by atoms with Crippen molar-refractivity contribution in [1.82, 2.24) is 14.0 Å². The molecule has 0 aliphatic heterocycles. The molecule has 2 heterocycles. The summed E-state index contributed by atoms with van der Waals surface area (Å²) in [5, 5.41) is 0.542. The monoisotopic (exact) mass is 409 g/mol. The molecule has 0 unspecified atom stereocenters. The summed E-state index contributed by atoms with van der Waals surface area (Å²) in [5.41, 5.74) is 2.66. The van der Waals surface area contributed by atoms with Crippen LogP contribution in [0.1, 0.15) is 15.9 Å². The molecular formula is C25H19N3O3. The molecule has 5 aromatic rings. The summed E-state index contributed by atoms with van der Waals surface area (Å²) in [4.78, 5) is 30.3. The van der Waals surface area contributed by atoms with Crippen molar-refractivity contribution < 1.29 is 9.53 Å². The highest BCUT2D eigenvalue weighted by Gasteiger charge is 2.15. The molecule has 152 valence electrons. The van der Waals surface area contributed by atoms with Crippen molar-refractivity contribution >= 4 is 22.3 Å². The van der Waals surface area contributed by atoms with Crippen LogP contribution in [0.2, 0.25) is 0 Å². The SMILES string of the molecule is O=C(Cn1c(=O)c2ccccc2n2cncc12)c1cccc(OCc2ccccc2)c1. The number of ketones is 1. The molecule has 0 aliphatic carbocycles. The van der Waals surface area contributed by atoms with Crippen LogP contribution in [-0.4, -0.2) is 19.7 Å². The molecule has 31 heavy (non-hydrogen) atoms. The van der Waals surface area contributed by atoms with E-state index in [1.54, 1.807) is 36.8 Å². The fourth-order valence-electron chi connectivity index (χ4n) is 3.68. The van der Waals surface area contributed by atoms with Crippen LogP contribution in [0.3, 0.4) is 0 Å². The number of carbonyl (C=O) groups is 1. The van der Waals surface area contributed by atoms with Gasteiger partial charge in [-0.2, -0.15) is 0 Å². The maximum atomic E-state index is 13.1. The van der Waals surface area contributed by atoms with Crippen LogP contribution in [0.15, 0.2) is 96.2 Å². The van der Waals surface area contributed by atoms with Gasteiger partial charge in [0.2, 0.25) is 0 Å². The minimum atomic E-state index is -0.214. The third-order valence-electron chi connectivity index (χ3n) is 5.24. The fourth-order valence-corrected chi connectivity index (χ4v) is 3.68. The zero-order valence-electron chi connectivity index (χ0n) is 16.6. The topological polar surface area (TPSA) is 65.6 Å². The van der Waals surface area contributed by atoms with Gasteiger partial charge in [-0.15, -0.1) is 0 Å². The number of nitrogens with zero attached hydrogens (tertiary/aromatic N) is 3. The van der Waals surface area contributed by atoms with Gasteiger partial charge in [0.25, 0.3) is 5.56 Å². The molecular weight excluding hydrogens is 390 g/mol. The van der Waals surface area contributed by atoms with E-state index < -0.39 is 0 Å². The highest BCUT2D eigenvalue weighted by Crippen LogP contribution is 2.18. The van der Waals surface area contributed by atoms with Crippen molar-refractivity contribution in [3.05, 3.63) is 113 Å². The quantitative estimate of drug-likeness (QED) is 0.396. The predicted octanol–water partition coefficient (Wildman–Crippen LogP) is 4.11. The van der Waals surface area contributed by atoms with Gasteiger partial charge in [0, 0.05) is 5.56 Å². The van der Waals surface area contributed by atoms with Gasteiger partial charge in [-0.3, -0.25) is 18.6 Å². The van der Waals surface area contributed by atoms with Crippen molar-refractivity contribution in [3.8, 4) is 5.75 Å². The Morgan fingerprint density at radius 2 is 1.74 bits per heavy atom. The van der Waals surface area contributed by atoms with Gasteiger partial charge in [-0.05, 0) is 29.8 Å².